The topological polar surface area (TPSA) is 673 Å². The fraction of sp³-hybridized carbons (Fsp3) is 0.667. The summed E-state index contributed by atoms with van der Waals surface area (Å²) in [6.07, 6.45) is -22.6. The molecule has 97 heavy (non-hydrogen) atoms. The van der Waals surface area contributed by atoms with Crippen molar-refractivity contribution in [3.05, 3.63) is 29.8 Å². The number of carbonyl (C=O) groups is 13. The lowest BCUT2D eigenvalue weighted by molar-refractivity contribution is -0.359. The molecule has 1 aromatic rings. The quantitative estimate of drug-likeness (QED) is 0.0290. The van der Waals surface area contributed by atoms with Crippen LogP contribution in [0.25, 0.3) is 0 Å². The highest BCUT2D eigenvalue weighted by molar-refractivity contribution is 5.99. The number of benzene rings is 1. The maximum absolute atomic E-state index is 14.8. The second kappa shape index (κ2) is 39.7. The SMILES string of the molecule is CC[C@H](C)[C@H](NC(=O)CNC(=O)[C@H](Cc1ccc(O)cc1)NC(=O)[C@@H](N)CC(=O)O)C(=O)N[C@@H](CO[C@@H]1O[C@H](CO)[C@H](O[C@H]2O[C@H](CO)[C@H](O)[C@H](O)[C@H]2O)[C@H](O)[C@H]1O)C(=O)N[C@@H](CCC(N)=O)C(=O)N[C@H](C(=O)N[C@@H](CC(N)=O)C(=O)N[C@@H](CO)C(=O)N[C@@H](C)C(N)=O)[C@@H](C)CC. The van der Waals surface area contributed by atoms with Gasteiger partial charge >= 0.3 is 5.97 Å². The number of ether oxygens (including phenoxy) is 4. The highest BCUT2D eigenvalue weighted by atomic mass is 16.7. The van der Waals surface area contributed by atoms with Crippen molar-refractivity contribution in [1.82, 2.24) is 47.9 Å². The molecule has 0 aromatic heterocycles. The van der Waals surface area contributed by atoms with Gasteiger partial charge in [0.2, 0.25) is 70.9 Å². The minimum Gasteiger partial charge on any atom is -0.508 e. The summed E-state index contributed by atoms with van der Waals surface area (Å²) in [5.74, 6) is -17.0. The van der Waals surface area contributed by atoms with Crippen molar-refractivity contribution in [2.45, 2.75) is 195 Å². The average molecular weight is 1390 g/mol. The number of hydrogen-bond donors (Lipinski definition) is 23. The highest BCUT2D eigenvalue weighted by Gasteiger charge is 2.51. The molecule has 0 unspecified atom stereocenters. The number of phenolic OH excluding ortho intramolecular Hbond substituents is 1. The summed E-state index contributed by atoms with van der Waals surface area (Å²) in [5.41, 5.74) is 22.1. The van der Waals surface area contributed by atoms with E-state index in [1.54, 1.807) is 13.8 Å². The second-order valence-corrected chi connectivity index (χ2v) is 23.2. The van der Waals surface area contributed by atoms with Crippen LogP contribution in [-0.2, 0) is 87.7 Å². The largest absolute Gasteiger partial charge is 0.508 e. The number of carboxylic acid groups (broad SMARTS) is 1. The lowest BCUT2D eigenvalue weighted by Gasteiger charge is -2.46. The number of hydrogen-bond acceptors (Lipinski definition) is 27. The molecule has 546 valence electrons. The first-order valence-corrected chi connectivity index (χ1v) is 30.6. The number of amides is 12. The number of aromatic hydroxyl groups is 1. The Morgan fingerprint density at radius 3 is 1.59 bits per heavy atom. The molecule has 0 radical (unpaired) electrons. The summed E-state index contributed by atoms with van der Waals surface area (Å²) < 4.78 is 22.4. The third kappa shape index (κ3) is 25.5. The number of carboxylic acids is 1. The minimum absolute atomic E-state index is 0.0898. The van der Waals surface area contributed by atoms with Gasteiger partial charge in [-0.25, -0.2) is 0 Å². The molecular formula is C57H91N13O27. The van der Waals surface area contributed by atoms with E-state index in [0.29, 0.717) is 5.56 Å². The Labute approximate surface area is 554 Å². The number of aliphatic carboxylic acids is 1. The van der Waals surface area contributed by atoms with Gasteiger partial charge in [0.05, 0.1) is 51.9 Å². The molecule has 27 N–H and O–H groups in total. The van der Waals surface area contributed by atoms with Crippen LogP contribution in [0.15, 0.2) is 24.3 Å². The molecule has 0 spiro atoms. The predicted molar refractivity (Wildman–Crippen MR) is 326 cm³/mol. The lowest BCUT2D eigenvalue weighted by atomic mass is 9.96. The summed E-state index contributed by atoms with van der Waals surface area (Å²) in [6, 6.07) is -10.1. The standard InChI is InChI=1S/C57H91N13O27/c1-6-22(3)39(69-37(77)17-62-49(87)29(14-25-8-10-26(74)11-9-25)65-48(86)27(58)15-38(78)79)54(92)68-32(21-94-56-45(84)43(82)46(34(20-73)96-56)97-57-44(83)42(81)41(80)33(19-72)95-57)53(91)64-28(12-13-35(59)75)50(88)70-40(23(4)7-2)55(93)66-30(16-36(60)76)51(89)67-31(18-71)52(90)63-24(5)47(61)85/h8-11,22-24,27-34,39-46,56-57,71-74,80-84H,6-7,12-21,58H2,1-5H3,(H2,59,75)(H2,60,76)(H2,61,85)(H,62,87)(H,63,90)(H,64,91)(H,65,86)(H,66,93)(H,67,89)(H,68,92)(H,69,77)(H,70,88)(H,78,79)/t22-,23-,24-,27-,28-,29-,30-,31-,32-,33+,34+,39-,40-,41-,42-,43+,44+,45+,46-,56+,57+/m0/s1. The molecule has 0 bridgehead atoms. The van der Waals surface area contributed by atoms with Crippen molar-refractivity contribution in [1.29, 1.82) is 0 Å². The van der Waals surface area contributed by atoms with Crippen molar-refractivity contribution >= 4 is 76.9 Å². The van der Waals surface area contributed by atoms with Crippen LogP contribution in [-0.4, -0.2) is 277 Å². The number of phenols is 1. The molecule has 40 nitrogen and oxygen atoms in total. The van der Waals surface area contributed by atoms with Crippen molar-refractivity contribution in [2.75, 3.05) is 33.0 Å². The molecule has 2 saturated heterocycles. The van der Waals surface area contributed by atoms with Gasteiger partial charge in [0.25, 0.3) is 0 Å². The van der Waals surface area contributed by atoms with Crippen LogP contribution in [0.1, 0.15) is 78.7 Å². The Hall–Kier alpha value is -8.39. The van der Waals surface area contributed by atoms with E-state index in [9.17, 15) is 113 Å². The predicted octanol–water partition coefficient (Wildman–Crippen LogP) is -11.9. The molecule has 21 atom stereocenters. The lowest BCUT2D eigenvalue weighted by Crippen LogP contribution is -2.65. The average Bonchev–Trinajstić information content (AvgIpc) is 0.790. The third-order valence-electron chi connectivity index (χ3n) is 15.7. The molecule has 3 rings (SSSR count). The maximum Gasteiger partial charge on any atom is 0.305 e. The molecule has 40 heteroatoms. The first-order valence-electron chi connectivity index (χ1n) is 30.6. The van der Waals surface area contributed by atoms with Gasteiger partial charge in [0, 0.05) is 12.8 Å². The molecule has 1 aromatic carbocycles. The Balaban J connectivity index is 2.05. The monoisotopic (exact) mass is 1390 g/mol. The number of nitrogens with two attached hydrogens (primary N) is 4. The molecule has 12 amide bonds. The summed E-state index contributed by atoms with van der Waals surface area (Å²) in [7, 11) is 0. The molecule has 2 heterocycles. The number of carbonyl (C=O) groups excluding carboxylic acids is 12. The second-order valence-electron chi connectivity index (χ2n) is 23.2. The van der Waals surface area contributed by atoms with Crippen molar-refractivity contribution in [3.8, 4) is 5.75 Å². The fourth-order valence-electron chi connectivity index (χ4n) is 9.49. The Bertz CT molecular complexity index is 2880. The number of nitrogens with one attached hydrogen (secondary N) is 9. The zero-order valence-electron chi connectivity index (χ0n) is 53.6. The zero-order valence-corrected chi connectivity index (χ0v) is 53.6. The van der Waals surface area contributed by atoms with E-state index in [0.717, 1.165) is 0 Å². The van der Waals surface area contributed by atoms with Gasteiger partial charge < -0.3 is 141 Å². The number of aliphatic hydroxyl groups is 8. The first-order chi connectivity index (χ1) is 45.5. The van der Waals surface area contributed by atoms with E-state index in [-0.39, 0.29) is 25.0 Å². The van der Waals surface area contributed by atoms with Gasteiger partial charge in [-0.15, -0.1) is 0 Å². The molecule has 0 aliphatic carbocycles. The molecule has 2 fully saturated rings. The van der Waals surface area contributed by atoms with Gasteiger partial charge in [-0.3, -0.25) is 62.3 Å². The summed E-state index contributed by atoms with van der Waals surface area (Å²) in [5, 5.41) is 124. The van der Waals surface area contributed by atoms with Gasteiger partial charge in [0.1, 0.15) is 103 Å². The molecule has 2 aliphatic rings. The van der Waals surface area contributed by atoms with Crippen LogP contribution in [0.3, 0.4) is 0 Å². The molecule has 2 aliphatic heterocycles. The van der Waals surface area contributed by atoms with E-state index >= 15 is 0 Å². The van der Waals surface area contributed by atoms with Crippen molar-refractivity contribution in [3.63, 3.8) is 0 Å². The Kier molecular flexibility index (Phi) is 33.9. The highest BCUT2D eigenvalue weighted by Crippen LogP contribution is 2.30. The first kappa shape index (κ1) is 82.8. The van der Waals surface area contributed by atoms with E-state index in [2.05, 4.69) is 47.9 Å². The zero-order chi connectivity index (χ0) is 73.3. The van der Waals surface area contributed by atoms with E-state index in [1.807, 2.05) is 0 Å². The number of rotatable bonds is 40. The van der Waals surface area contributed by atoms with E-state index in [1.165, 1.54) is 45.0 Å². The molecule has 0 saturated carbocycles. The Morgan fingerprint density at radius 1 is 0.546 bits per heavy atom. The van der Waals surface area contributed by atoms with E-state index in [4.69, 9.17) is 41.9 Å². The van der Waals surface area contributed by atoms with Crippen LogP contribution in [0.5, 0.6) is 5.75 Å². The van der Waals surface area contributed by atoms with Crippen LogP contribution >= 0.6 is 0 Å². The van der Waals surface area contributed by atoms with Crippen molar-refractivity contribution < 1.29 is 132 Å². The van der Waals surface area contributed by atoms with Crippen LogP contribution in [0, 0.1) is 11.8 Å². The third-order valence-corrected chi connectivity index (χ3v) is 15.7. The van der Waals surface area contributed by atoms with Gasteiger partial charge in [-0.1, -0.05) is 52.7 Å². The van der Waals surface area contributed by atoms with Gasteiger partial charge in [-0.05, 0) is 42.9 Å². The Morgan fingerprint density at radius 2 is 1.05 bits per heavy atom. The minimum atomic E-state index is -2.24. The maximum atomic E-state index is 14.8. The van der Waals surface area contributed by atoms with Gasteiger partial charge in [-0.2, -0.15) is 0 Å². The smallest absolute Gasteiger partial charge is 0.305 e. The van der Waals surface area contributed by atoms with Crippen molar-refractivity contribution in [2.24, 2.45) is 34.8 Å². The van der Waals surface area contributed by atoms with Crippen LogP contribution in [0.4, 0.5) is 0 Å². The van der Waals surface area contributed by atoms with Gasteiger partial charge in [0.15, 0.2) is 12.6 Å². The summed E-state index contributed by atoms with van der Waals surface area (Å²) >= 11 is 0. The summed E-state index contributed by atoms with van der Waals surface area (Å²) in [6.45, 7) is 2.19. The summed E-state index contributed by atoms with van der Waals surface area (Å²) in [4.78, 5) is 172. The van der Waals surface area contributed by atoms with Crippen LogP contribution < -0.4 is 70.8 Å². The normalized spacial score (nSPS) is 24.1. The van der Waals surface area contributed by atoms with Crippen LogP contribution in [0.2, 0.25) is 0 Å². The van der Waals surface area contributed by atoms with E-state index < -0.39 is 263 Å². The molecular weight excluding hydrogens is 1300 g/mol. The number of aliphatic hydroxyl groups excluding tert-OH is 8. The number of primary amides is 3. The fourth-order valence-corrected chi connectivity index (χ4v) is 9.49.